The molecule has 22 heavy (non-hydrogen) atoms. The number of para-hydroxylation sites is 2. The summed E-state index contributed by atoms with van der Waals surface area (Å²) in [5.41, 5.74) is 3.29. The third-order valence-electron chi connectivity index (χ3n) is 4.27. The fraction of sp³-hybridized carbons (Fsp3) is 0.333. The highest BCUT2D eigenvalue weighted by atomic mass is 16.3. The summed E-state index contributed by atoms with van der Waals surface area (Å²) in [6, 6.07) is 17.9. The number of hydrogen-bond acceptors (Lipinski definition) is 4. The van der Waals surface area contributed by atoms with E-state index >= 15 is 0 Å². The van der Waals surface area contributed by atoms with Gasteiger partial charge in [-0.3, -0.25) is 0 Å². The van der Waals surface area contributed by atoms with Gasteiger partial charge in [0, 0.05) is 6.54 Å². The predicted molar refractivity (Wildman–Crippen MR) is 89.1 cm³/mol. The van der Waals surface area contributed by atoms with Gasteiger partial charge in [0.25, 0.3) is 0 Å². The monoisotopic (exact) mass is 298 g/mol. The number of rotatable bonds is 5. The van der Waals surface area contributed by atoms with Crippen molar-refractivity contribution < 1.29 is 10.2 Å². The van der Waals surface area contributed by atoms with Gasteiger partial charge in [-0.2, -0.15) is 0 Å². The lowest BCUT2D eigenvalue weighted by molar-refractivity contribution is 0.0716. The molecule has 0 bridgehead atoms. The van der Waals surface area contributed by atoms with Gasteiger partial charge in [-0.15, -0.1) is 0 Å². The summed E-state index contributed by atoms with van der Waals surface area (Å²) >= 11 is 0. The Kier molecular flexibility index (Phi) is 4.32. The summed E-state index contributed by atoms with van der Waals surface area (Å²) in [6.45, 7) is 3.49. The van der Waals surface area contributed by atoms with E-state index in [0.717, 1.165) is 17.8 Å². The first-order valence-electron chi connectivity index (χ1n) is 7.70. The minimum atomic E-state index is -0.827. The molecule has 3 rings (SSSR count). The standard InChI is InChI=1S/C18H22N2O2/c1-2-19-13-20(16-11-7-6-10-15(16)19)18(17(22)12-21)14-8-4-3-5-9-14/h3-11,17-18,21-22H,2,12-13H2,1H3/t17-,18+/m1/s1. The maximum absolute atomic E-state index is 10.4. The van der Waals surface area contributed by atoms with Gasteiger partial charge in [0.1, 0.15) is 6.10 Å². The van der Waals surface area contributed by atoms with Gasteiger partial charge in [-0.05, 0) is 24.6 Å². The molecule has 1 aliphatic rings. The molecular formula is C18H22N2O2. The van der Waals surface area contributed by atoms with Crippen molar-refractivity contribution in [3.05, 3.63) is 60.2 Å². The first kappa shape index (κ1) is 14.9. The second-order valence-corrected chi connectivity index (χ2v) is 5.56. The quantitative estimate of drug-likeness (QED) is 0.890. The van der Waals surface area contributed by atoms with Crippen LogP contribution in [0.15, 0.2) is 54.6 Å². The third kappa shape index (κ3) is 2.56. The van der Waals surface area contributed by atoms with Gasteiger partial charge < -0.3 is 20.0 Å². The third-order valence-corrected chi connectivity index (χ3v) is 4.27. The molecule has 0 unspecified atom stereocenters. The van der Waals surface area contributed by atoms with Gasteiger partial charge in [0.2, 0.25) is 0 Å². The van der Waals surface area contributed by atoms with Crippen LogP contribution in [0.3, 0.4) is 0 Å². The molecular weight excluding hydrogens is 276 g/mol. The lowest BCUT2D eigenvalue weighted by Crippen LogP contribution is -2.40. The van der Waals surface area contributed by atoms with E-state index in [1.165, 1.54) is 5.69 Å². The summed E-state index contributed by atoms with van der Waals surface area (Å²) < 4.78 is 0. The largest absolute Gasteiger partial charge is 0.394 e. The van der Waals surface area contributed by atoms with E-state index in [9.17, 15) is 10.2 Å². The summed E-state index contributed by atoms with van der Waals surface area (Å²) in [5.74, 6) is 0. The van der Waals surface area contributed by atoms with Gasteiger partial charge in [0.15, 0.2) is 0 Å². The molecule has 2 N–H and O–H groups in total. The SMILES string of the molecule is CCN1CN([C@@H](c2ccccc2)[C@H](O)CO)c2ccccc21. The zero-order valence-corrected chi connectivity index (χ0v) is 12.8. The molecule has 2 atom stereocenters. The van der Waals surface area contributed by atoms with Crippen LogP contribution in [0.25, 0.3) is 0 Å². The van der Waals surface area contributed by atoms with E-state index in [2.05, 4.69) is 28.9 Å². The highest BCUT2D eigenvalue weighted by molar-refractivity contribution is 5.76. The Morgan fingerprint density at radius 2 is 1.64 bits per heavy atom. The number of aliphatic hydroxyl groups is 2. The van der Waals surface area contributed by atoms with E-state index in [1.807, 2.05) is 42.5 Å². The topological polar surface area (TPSA) is 46.9 Å². The van der Waals surface area contributed by atoms with Crippen LogP contribution in [0.4, 0.5) is 11.4 Å². The molecule has 0 fully saturated rings. The van der Waals surface area contributed by atoms with Crippen molar-refractivity contribution >= 4 is 11.4 Å². The zero-order chi connectivity index (χ0) is 15.5. The highest BCUT2D eigenvalue weighted by Crippen LogP contribution is 2.41. The Morgan fingerprint density at radius 3 is 2.27 bits per heavy atom. The summed E-state index contributed by atoms with van der Waals surface area (Å²) in [4.78, 5) is 4.45. The molecule has 0 saturated carbocycles. The van der Waals surface area contributed by atoms with Crippen molar-refractivity contribution in [3.8, 4) is 0 Å². The summed E-state index contributed by atoms with van der Waals surface area (Å²) in [7, 11) is 0. The van der Waals surface area contributed by atoms with Crippen molar-refractivity contribution in [1.82, 2.24) is 0 Å². The first-order valence-corrected chi connectivity index (χ1v) is 7.70. The minimum Gasteiger partial charge on any atom is -0.394 e. The number of fused-ring (bicyclic) bond motifs is 1. The zero-order valence-electron chi connectivity index (χ0n) is 12.8. The number of nitrogens with zero attached hydrogens (tertiary/aromatic N) is 2. The number of benzene rings is 2. The molecule has 0 aromatic heterocycles. The Morgan fingerprint density at radius 1 is 1.00 bits per heavy atom. The van der Waals surface area contributed by atoms with Crippen LogP contribution in [0.1, 0.15) is 18.5 Å². The van der Waals surface area contributed by atoms with Crippen molar-refractivity contribution in [1.29, 1.82) is 0 Å². The van der Waals surface area contributed by atoms with Crippen LogP contribution in [0, 0.1) is 0 Å². The van der Waals surface area contributed by atoms with E-state index in [4.69, 9.17) is 0 Å². The lowest BCUT2D eigenvalue weighted by atomic mass is 10.00. The fourth-order valence-electron chi connectivity index (χ4n) is 3.18. The van der Waals surface area contributed by atoms with Crippen molar-refractivity contribution in [2.45, 2.75) is 19.1 Å². The average Bonchev–Trinajstić information content (AvgIpc) is 2.95. The molecule has 1 heterocycles. The van der Waals surface area contributed by atoms with Crippen molar-refractivity contribution in [2.75, 3.05) is 29.6 Å². The summed E-state index contributed by atoms with van der Waals surface area (Å²) in [5, 5.41) is 19.9. The van der Waals surface area contributed by atoms with Crippen LogP contribution in [-0.4, -0.2) is 36.1 Å². The number of hydrogen-bond donors (Lipinski definition) is 2. The van der Waals surface area contributed by atoms with Gasteiger partial charge in [-0.25, -0.2) is 0 Å². The molecule has 1 aliphatic heterocycles. The molecule has 4 nitrogen and oxygen atoms in total. The van der Waals surface area contributed by atoms with Crippen molar-refractivity contribution in [2.24, 2.45) is 0 Å². The van der Waals surface area contributed by atoms with Crippen LogP contribution in [-0.2, 0) is 0 Å². The predicted octanol–water partition coefficient (Wildman–Crippen LogP) is 2.38. The van der Waals surface area contributed by atoms with Gasteiger partial charge in [-0.1, -0.05) is 42.5 Å². The van der Waals surface area contributed by atoms with E-state index in [1.54, 1.807) is 0 Å². The minimum absolute atomic E-state index is 0.260. The Balaban J connectivity index is 2.03. The molecule has 0 spiro atoms. The molecule has 0 radical (unpaired) electrons. The second-order valence-electron chi connectivity index (χ2n) is 5.56. The number of aliphatic hydroxyl groups excluding tert-OH is 2. The van der Waals surface area contributed by atoms with E-state index < -0.39 is 6.10 Å². The maximum atomic E-state index is 10.4. The Labute approximate surface area is 131 Å². The average molecular weight is 298 g/mol. The normalized spacial score (nSPS) is 16.5. The molecule has 116 valence electrons. The second kappa shape index (κ2) is 6.38. The number of anilines is 2. The fourth-order valence-corrected chi connectivity index (χ4v) is 3.18. The molecule has 0 saturated heterocycles. The molecule has 2 aromatic rings. The van der Waals surface area contributed by atoms with Crippen LogP contribution >= 0.6 is 0 Å². The Hall–Kier alpha value is -2.04. The van der Waals surface area contributed by atoms with E-state index in [-0.39, 0.29) is 12.6 Å². The molecule has 0 aliphatic carbocycles. The molecule has 0 amide bonds. The van der Waals surface area contributed by atoms with E-state index in [0.29, 0.717) is 6.67 Å². The van der Waals surface area contributed by atoms with Crippen LogP contribution in [0.5, 0.6) is 0 Å². The van der Waals surface area contributed by atoms with Gasteiger partial charge in [0.05, 0.1) is 30.7 Å². The summed E-state index contributed by atoms with van der Waals surface area (Å²) in [6.07, 6.45) is -0.827. The lowest BCUT2D eigenvalue weighted by Gasteiger charge is -2.33. The molecule has 2 aromatic carbocycles. The van der Waals surface area contributed by atoms with Crippen molar-refractivity contribution in [3.63, 3.8) is 0 Å². The highest BCUT2D eigenvalue weighted by Gasteiger charge is 2.34. The Bertz CT molecular complexity index is 617. The maximum Gasteiger partial charge on any atom is 0.102 e. The van der Waals surface area contributed by atoms with Gasteiger partial charge >= 0.3 is 0 Å². The molecule has 4 heteroatoms. The first-order chi connectivity index (χ1) is 10.8. The smallest absolute Gasteiger partial charge is 0.102 e. The van der Waals surface area contributed by atoms with Crippen LogP contribution in [0.2, 0.25) is 0 Å². The van der Waals surface area contributed by atoms with Crippen LogP contribution < -0.4 is 9.80 Å².